The van der Waals surface area contributed by atoms with Crippen LogP contribution in [0.4, 0.5) is 93.0 Å². The molecule has 0 saturated carbocycles. The number of nitrogens with one attached hydrogen (secondary N) is 1. The number of benzene rings is 7. The number of amides is 1. The van der Waals surface area contributed by atoms with Crippen LogP contribution in [0.2, 0.25) is 0 Å². The Balaban J connectivity index is 0.00000136. The van der Waals surface area contributed by atoms with Crippen molar-refractivity contribution in [2.24, 2.45) is 5.73 Å². The first-order chi connectivity index (χ1) is 57.4. The lowest BCUT2D eigenvalue weighted by atomic mass is 10.1. The highest BCUT2D eigenvalue weighted by atomic mass is 36.0. The van der Waals surface area contributed by atoms with Gasteiger partial charge in [-0.3, -0.25) is 9.59 Å². The number of methoxy groups -OCH3 is 10. The standard InChI is InChI=1S/C9H8ClFN4O.C9H7F4NO2.C9H10FN5O.C9H9FN4O2.C8H10FNO2.C8H8FNO2.C7H8FNO.C4F6O3.C4H10O3.CH4.Cl2OS/c1-16-8-3-2-7(6(4-10)9(8)11)15-5-12-13-14-15;1-16-7-3-2-5(4-6(7)10)14-8(15)9(11,12)13;1-16-8-3-2-7(6(4-11)9(8)10)15-5-12-13-14-15;1-16-8-3-2-7(6(4-15)9(8)10)14-5-11-12-13-14;2*1-12-7-3-2-6(10)5(4-11)8(7)9;1-10-7-3-2-5(9)4-6(7)8;5-3(6,7)1(11)13-2(12)4(8,9)10;1-5-4(6-2)7-3;;1-4(2)3/h2-3,5H,4H2,1H3;2-4H,1H3,(H,14,15);2-3,5H,4,11H2,1H3;2-3,5,15H,4H2,1H3;2-3,11H,4,10H2,1H3;2-4H,10H2,1H3;2-4H,9H2,1H3;;4H,1-3H3;1H4;. The number of hydrogen-bond donors (Lipinski definition) is 7. The van der Waals surface area contributed by atoms with E-state index in [1.807, 2.05) is 0 Å². The van der Waals surface area contributed by atoms with Gasteiger partial charge in [-0.25, -0.2) is 58.6 Å². The fourth-order valence-corrected chi connectivity index (χ4v) is 8.34. The second-order valence-electron chi connectivity index (χ2n) is 21.1. The molecule has 678 valence electrons. The van der Waals surface area contributed by atoms with Gasteiger partial charge in [0.15, 0.2) is 87.3 Å². The molecule has 7 aromatic carbocycles. The Kier molecular flexibility index (Phi) is 50.0. The third-order valence-corrected chi connectivity index (χ3v) is 14.0. The van der Waals surface area contributed by atoms with Crippen LogP contribution in [0.5, 0.6) is 40.2 Å². The maximum absolute atomic E-state index is 13.8. The molecular weight excluding hydrogens is 1790 g/mol. The van der Waals surface area contributed by atoms with Crippen molar-refractivity contribution in [3.63, 3.8) is 0 Å². The van der Waals surface area contributed by atoms with Crippen LogP contribution >= 0.6 is 33.0 Å². The molecule has 0 aliphatic carbocycles. The molecule has 1 amide bonds. The van der Waals surface area contributed by atoms with Crippen molar-refractivity contribution in [2.45, 2.75) is 58.1 Å². The lowest BCUT2D eigenvalue weighted by Crippen LogP contribution is -2.34. The number of esters is 2. The molecule has 0 radical (unpaired) electrons. The first-order valence-corrected chi connectivity index (χ1v) is 35.2. The molecule has 35 nitrogen and oxygen atoms in total. The molecular formula is C68H74Cl3F16N17O18S. The van der Waals surface area contributed by atoms with E-state index < -0.39 is 106 Å². The van der Waals surface area contributed by atoms with Crippen LogP contribution in [0.15, 0.2) is 116 Å². The molecule has 0 atom stereocenters. The van der Waals surface area contributed by atoms with Gasteiger partial charge in [-0.15, -0.1) is 26.9 Å². The summed E-state index contributed by atoms with van der Waals surface area (Å²) in [5, 5.41) is 51.2. The average Bonchev–Trinajstić information content (AvgIpc) is 1.50. The number of ether oxygens (including phenoxy) is 11. The third kappa shape index (κ3) is 36.1. The van der Waals surface area contributed by atoms with Crippen LogP contribution in [0.25, 0.3) is 17.1 Å². The van der Waals surface area contributed by atoms with E-state index in [0.29, 0.717) is 40.2 Å². The lowest BCUT2D eigenvalue weighted by molar-refractivity contribution is -0.252. The third-order valence-electron chi connectivity index (χ3n) is 13.7. The second kappa shape index (κ2) is 55.6. The van der Waals surface area contributed by atoms with Gasteiger partial charge in [-0.2, -0.15) is 39.5 Å². The van der Waals surface area contributed by atoms with Gasteiger partial charge in [-0.1, -0.05) is 7.43 Å². The molecule has 0 fully saturated rings. The zero-order valence-electron chi connectivity index (χ0n) is 64.1. The number of aliphatic hydroxyl groups excluding tert-OH is 2. The summed E-state index contributed by atoms with van der Waals surface area (Å²) in [5.41, 5.74) is 24.0. The van der Waals surface area contributed by atoms with E-state index in [-0.39, 0.29) is 93.9 Å². The predicted molar refractivity (Wildman–Crippen MR) is 406 cm³/mol. The molecule has 0 aliphatic rings. The maximum Gasteiger partial charge on any atom is 0.491 e. The lowest BCUT2D eigenvalue weighted by Gasteiger charge is -2.10. The number of rotatable bonds is 19. The van der Waals surface area contributed by atoms with Crippen molar-refractivity contribution >= 4 is 89.1 Å². The van der Waals surface area contributed by atoms with E-state index in [4.69, 9.17) is 67.9 Å². The fraction of sp³-hybridized carbons (Fsp3) is 0.279. The summed E-state index contributed by atoms with van der Waals surface area (Å²) in [4.78, 5) is 40.2. The number of halogens is 19. The Morgan fingerprint density at radius 1 is 0.480 bits per heavy atom. The molecule has 0 aliphatic heterocycles. The van der Waals surface area contributed by atoms with E-state index in [9.17, 15) is 89.4 Å². The van der Waals surface area contributed by atoms with Gasteiger partial charge in [0.2, 0.25) is 9.23 Å². The van der Waals surface area contributed by atoms with Crippen molar-refractivity contribution in [1.29, 1.82) is 0 Å². The first kappa shape index (κ1) is 111. The topological polar surface area (TPSA) is 474 Å². The molecule has 3 aromatic heterocycles. The van der Waals surface area contributed by atoms with Crippen LogP contribution in [0, 0.1) is 40.7 Å². The van der Waals surface area contributed by atoms with E-state index in [1.165, 1.54) is 164 Å². The van der Waals surface area contributed by atoms with E-state index in [1.54, 1.807) is 24.3 Å². The zero-order valence-corrected chi connectivity index (χ0v) is 67.2. The van der Waals surface area contributed by atoms with Gasteiger partial charge in [-0.05, 0) is 116 Å². The van der Waals surface area contributed by atoms with Gasteiger partial charge < -0.3 is 90.6 Å². The Morgan fingerprint density at radius 2 is 0.805 bits per heavy atom. The fourth-order valence-electron chi connectivity index (χ4n) is 8.09. The monoisotopic (exact) mass is 1860 g/mol. The minimum atomic E-state index is -5.62. The Bertz CT molecular complexity index is 4660. The highest BCUT2D eigenvalue weighted by Crippen LogP contribution is 2.32. The highest BCUT2D eigenvalue weighted by Gasteiger charge is 2.49. The molecule has 11 N–H and O–H groups in total. The molecule has 10 aromatic rings. The van der Waals surface area contributed by atoms with Crippen LogP contribution < -0.4 is 61.4 Å². The van der Waals surface area contributed by atoms with Crippen molar-refractivity contribution in [3.8, 4) is 57.3 Å². The number of aromatic nitrogens is 12. The number of carbonyl (C=O) groups is 4. The number of tetrazole rings is 3. The number of nitrogens with zero attached hydrogens (tertiary/aromatic N) is 12. The summed E-state index contributed by atoms with van der Waals surface area (Å²) in [6, 6.07) is 22.3. The second-order valence-corrected chi connectivity index (χ2v) is 23.8. The van der Waals surface area contributed by atoms with Gasteiger partial charge in [0.1, 0.15) is 19.0 Å². The predicted octanol–water partition coefficient (Wildman–Crippen LogP) is 11.1. The van der Waals surface area contributed by atoms with Gasteiger partial charge in [0.25, 0.3) is 6.48 Å². The summed E-state index contributed by atoms with van der Waals surface area (Å²) < 4.78 is 259. The van der Waals surface area contributed by atoms with Crippen LogP contribution in [0.3, 0.4) is 0 Å². The van der Waals surface area contributed by atoms with Crippen LogP contribution in [0.1, 0.15) is 40.0 Å². The SMILES string of the molecule is C.COC(OC)OC.COc1ccc(-n2cnnn2)c(CCl)c1F.COc1ccc(-n2cnnn2)c(CN)c1F.COc1ccc(-n2cnnn2)c(CO)c1F.COc1ccc(N)c(C=O)c1F.COc1ccc(N)c(CO)c1F.COc1ccc(N)cc1F.COc1ccc(NC(=O)C(F)(F)F)cc1F.O=C(OC(=O)C(F)(F)F)C(F)(F)F.O=S(Cl)Cl. The zero-order chi connectivity index (χ0) is 92.9. The quantitative estimate of drug-likeness (QED) is 0.00578. The number of aliphatic hydroxyl groups is 2. The Labute approximate surface area is 702 Å². The summed E-state index contributed by atoms with van der Waals surface area (Å²) in [7, 11) is 21.3. The molecule has 0 unspecified atom stereocenters. The molecule has 123 heavy (non-hydrogen) atoms. The highest BCUT2D eigenvalue weighted by molar-refractivity contribution is 8.26. The normalized spacial score (nSPS) is 10.4. The number of carbonyl (C=O) groups excluding carboxylic acids is 4. The van der Waals surface area contributed by atoms with E-state index in [0.717, 1.165) is 18.2 Å². The van der Waals surface area contributed by atoms with Gasteiger partial charge in [0, 0.05) is 106 Å². The smallest absolute Gasteiger partial charge is 0.491 e. The average molecular weight is 1860 g/mol. The van der Waals surface area contributed by atoms with Crippen LogP contribution in [-0.2, 0) is 68.2 Å². The summed E-state index contributed by atoms with van der Waals surface area (Å²) in [6.45, 7) is -1.36. The number of hydrogen-bond acceptors (Lipinski definition) is 31. The first-order valence-electron chi connectivity index (χ1n) is 31.9. The number of nitrogens with two attached hydrogens (primary N) is 4. The van der Waals surface area contributed by atoms with Gasteiger partial charge >= 0.3 is 36.4 Å². The number of alkyl halides is 10. The molecule has 3 heterocycles. The van der Waals surface area contributed by atoms with E-state index >= 15 is 0 Å². The Morgan fingerprint density at radius 3 is 1.11 bits per heavy atom. The van der Waals surface area contributed by atoms with Crippen molar-refractivity contribution in [3.05, 3.63) is 185 Å². The van der Waals surface area contributed by atoms with E-state index in [2.05, 4.69) is 101 Å². The largest absolute Gasteiger partial charge is 0.494 e. The minimum absolute atomic E-state index is 0. The molecule has 0 saturated heterocycles. The maximum atomic E-state index is 13.8. The Hall–Kier alpha value is -12.3. The summed E-state index contributed by atoms with van der Waals surface area (Å²) >= 11 is 5.71. The molecule has 10 rings (SSSR count). The van der Waals surface area contributed by atoms with Crippen molar-refractivity contribution < 1.29 is 156 Å². The minimum Gasteiger partial charge on any atom is -0.494 e. The number of anilines is 4. The summed E-state index contributed by atoms with van der Waals surface area (Å²) in [6.07, 6.45) is -11.8. The molecule has 0 bridgehead atoms. The summed E-state index contributed by atoms with van der Waals surface area (Å²) in [5.74, 6) is -12.2. The van der Waals surface area contributed by atoms with Crippen molar-refractivity contribution in [1.82, 2.24) is 60.6 Å². The van der Waals surface area contributed by atoms with Crippen LogP contribution in [-0.4, -0.2) is 195 Å². The molecule has 55 heteroatoms. The molecule has 0 spiro atoms. The number of nitrogen functional groups attached to an aromatic ring is 3. The number of aldehydes is 1. The van der Waals surface area contributed by atoms with Gasteiger partial charge in [0.05, 0.1) is 91.5 Å². The van der Waals surface area contributed by atoms with Crippen molar-refractivity contribution in [2.75, 3.05) is 93.6 Å².